The van der Waals surface area contributed by atoms with Crippen LogP contribution >= 0.6 is 27.7 Å². The molecule has 0 amide bonds. The van der Waals surface area contributed by atoms with Gasteiger partial charge < -0.3 is 9.72 Å². The maximum absolute atomic E-state index is 11.4. The van der Waals surface area contributed by atoms with Crippen LogP contribution in [0.15, 0.2) is 9.27 Å². The molecular formula is C8H11BrN2O2S. The fourth-order valence-corrected chi connectivity index (χ4v) is 1.71. The van der Waals surface area contributed by atoms with E-state index >= 15 is 0 Å². The van der Waals surface area contributed by atoms with Gasteiger partial charge in [-0.05, 0) is 22.2 Å². The first-order chi connectivity index (χ1) is 6.69. The Morgan fingerprint density at radius 3 is 2.93 bits per heavy atom. The zero-order chi connectivity index (χ0) is 10.6. The summed E-state index contributed by atoms with van der Waals surface area (Å²) in [5.74, 6) is 1.37. The van der Waals surface area contributed by atoms with Crippen LogP contribution in [0.5, 0.6) is 0 Å². The lowest BCUT2D eigenvalue weighted by Crippen LogP contribution is -2.15. The maximum Gasteiger partial charge on any atom is 0.265 e. The van der Waals surface area contributed by atoms with Crippen molar-refractivity contribution < 1.29 is 4.74 Å². The van der Waals surface area contributed by atoms with Gasteiger partial charge in [0, 0.05) is 7.11 Å². The van der Waals surface area contributed by atoms with E-state index in [1.807, 2.05) is 6.26 Å². The summed E-state index contributed by atoms with van der Waals surface area (Å²) in [6.45, 7) is 0.339. The average Bonchev–Trinajstić information content (AvgIpc) is 2.14. The van der Waals surface area contributed by atoms with E-state index in [1.165, 1.54) is 0 Å². The molecule has 1 heterocycles. The first-order valence-electron chi connectivity index (χ1n) is 3.94. The Kier molecular flexibility index (Phi) is 4.64. The van der Waals surface area contributed by atoms with Crippen molar-refractivity contribution in [3.8, 4) is 0 Å². The number of methoxy groups -OCH3 is 1. The monoisotopic (exact) mass is 278 g/mol. The lowest BCUT2D eigenvalue weighted by Gasteiger charge is -2.04. The second-order valence-corrected chi connectivity index (χ2v) is 4.30. The molecule has 0 radical (unpaired) electrons. The van der Waals surface area contributed by atoms with E-state index in [2.05, 4.69) is 25.9 Å². The molecule has 1 aromatic heterocycles. The van der Waals surface area contributed by atoms with Crippen LogP contribution in [-0.2, 0) is 17.1 Å². The zero-order valence-corrected chi connectivity index (χ0v) is 10.4. The van der Waals surface area contributed by atoms with E-state index in [0.29, 0.717) is 28.4 Å². The predicted molar refractivity (Wildman–Crippen MR) is 60.5 cm³/mol. The number of aromatic nitrogens is 2. The summed E-state index contributed by atoms with van der Waals surface area (Å²) in [5, 5.41) is 0. The second kappa shape index (κ2) is 5.53. The maximum atomic E-state index is 11.4. The van der Waals surface area contributed by atoms with Crippen LogP contribution in [0, 0.1) is 0 Å². The number of rotatable bonds is 4. The average molecular weight is 279 g/mol. The van der Waals surface area contributed by atoms with Crippen LogP contribution in [-0.4, -0.2) is 23.3 Å². The van der Waals surface area contributed by atoms with Gasteiger partial charge in [0.05, 0.1) is 18.1 Å². The summed E-state index contributed by atoms with van der Waals surface area (Å²) < 4.78 is 5.39. The minimum atomic E-state index is -0.156. The number of thioether (sulfide) groups is 1. The molecule has 1 N–H and O–H groups in total. The Hall–Kier alpha value is -0.330. The number of hydrogen-bond acceptors (Lipinski definition) is 4. The highest BCUT2D eigenvalue weighted by molar-refractivity contribution is 9.10. The van der Waals surface area contributed by atoms with Crippen molar-refractivity contribution >= 4 is 27.7 Å². The van der Waals surface area contributed by atoms with Crippen LogP contribution < -0.4 is 5.56 Å². The van der Waals surface area contributed by atoms with Crippen LogP contribution in [0.3, 0.4) is 0 Å². The summed E-state index contributed by atoms with van der Waals surface area (Å²) in [4.78, 5) is 18.4. The van der Waals surface area contributed by atoms with Gasteiger partial charge in [0.15, 0.2) is 0 Å². The summed E-state index contributed by atoms with van der Waals surface area (Å²) in [7, 11) is 1.57. The van der Waals surface area contributed by atoms with Crippen LogP contribution in [0.2, 0.25) is 0 Å². The van der Waals surface area contributed by atoms with Crippen molar-refractivity contribution in [3.63, 3.8) is 0 Å². The minimum Gasteiger partial charge on any atom is -0.378 e. The van der Waals surface area contributed by atoms with Gasteiger partial charge in [-0.2, -0.15) is 11.8 Å². The van der Waals surface area contributed by atoms with E-state index in [1.54, 1.807) is 18.9 Å². The normalized spacial score (nSPS) is 10.5. The molecule has 0 atom stereocenters. The quantitative estimate of drug-likeness (QED) is 0.908. The summed E-state index contributed by atoms with van der Waals surface area (Å²) in [5.41, 5.74) is 0.483. The molecule has 0 aliphatic rings. The SMILES string of the molecule is COCc1nc(CSC)[nH]c(=O)c1Br. The summed E-state index contributed by atoms with van der Waals surface area (Å²) >= 11 is 4.78. The van der Waals surface area contributed by atoms with Gasteiger partial charge in [-0.1, -0.05) is 0 Å². The smallest absolute Gasteiger partial charge is 0.265 e. The number of halogens is 1. The molecule has 78 valence electrons. The van der Waals surface area contributed by atoms with Gasteiger partial charge in [0.2, 0.25) is 0 Å². The molecular weight excluding hydrogens is 268 g/mol. The van der Waals surface area contributed by atoms with Crippen molar-refractivity contribution in [3.05, 3.63) is 26.3 Å². The summed E-state index contributed by atoms with van der Waals surface area (Å²) in [6.07, 6.45) is 1.96. The minimum absolute atomic E-state index is 0.156. The van der Waals surface area contributed by atoms with E-state index < -0.39 is 0 Å². The molecule has 0 aliphatic heterocycles. The number of aromatic amines is 1. The van der Waals surface area contributed by atoms with Gasteiger partial charge in [0.1, 0.15) is 10.3 Å². The zero-order valence-electron chi connectivity index (χ0n) is 7.96. The van der Waals surface area contributed by atoms with E-state index in [0.717, 1.165) is 0 Å². The molecule has 0 bridgehead atoms. The summed E-state index contributed by atoms with van der Waals surface area (Å²) in [6, 6.07) is 0. The van der Waals surface area contributed by atoms with Crippen LogP contribution in [0.1, 0.15) is 11.5 Å². The van der Waals surface area contributed by atoms with E-state index in [4.69, 9.17) is 4.74 Å². The molecule has 0 unspecified atom stereocenters. The highest BCUT2D eigenvalue weighted by Crippen LogP contribution is 2.11. The standard InChI is InChI=1S/C8H11BrN2O2S/c1-13-3-5-7(9)8(12)11-6(10-5)4-14-2/h3-4H2,1-2H3,(H,10,11,12). The Labute approximate surface area is 94.6 Å². The van der Waals surface area contributed by atoms with Crippen molar-refractivity contribution in [2.45, 2.75) is 12.4 Å². The molecule has 4 nitrogen and oxygen atoms in total. The second-order valence-electron chi connectivity index (χ2n) is 2.64. The van der Waals surface area contributed by atoms with Crippen LogP contribution in [0.4, 0.5) is 0 Å². The molecule has 6 heteroatoms. The third kappa shape index (κ3) is 2.83. The molecule has 0 saturated carbocycles. The van der Waals surface area contributed by atoms with Gasteiger partial charge >= 0.3 is 0 Å². The van der Waals surface area contributed by atoms with Gasteiger partial charge in [-0.3, -0.25) is 4.79 Å². The molecule has 1 aromatic rings. The highest BCUT2D eigenvalue weighted by Gasteiger charge is 2.07. The lowest BCUT2D eigenvalue weighted by atomic mass is 10.4. The molecule has 0 spiro atoms. The molecule has 0 saturated heterocycles. The number of H-pyrrole nitrogens is 1. The van der Waals surface area contributed by atoms with Crippen molar-refractivity contribution in [1.82, 2.24) is 9.97 Å². The molecule has 0 fully saturated rings. The van der Waals surface area contributed by atoms with Crippen molar-refractivity contribution in [2.75, 3.05) is 13.4 Å². The lowest BCUT2D eigenvalue weighted by molar-refractivity contribution is 0.180. The van der Waals surface area contributed by atoms with Crippen molar-refractivity contribution in [2.24, 2.45) is 0 Å². The van der Waals surface area contributed by atoms with Gasteiger partial charge in [0.25, 0.3) is 5.56 Å². The number of ether oxygens (including phenoxy) is 1. The Morgan fingerprint density at radius 1 is 1.64 bits per heavy atom. The molecule has 0 aromatic carbocycles. The van der Waals surface area contributed by atoms with E-state index in [-0.39, 0.29) is 5.56 Å². The number of nitrogens with one attached hydrogen (secondary N) is 1. The third-order valence-corrected chi connectivity index (χ3v) is 2.92. The number of nitrogens with zero attached hydrogens (tertiary/aromatic N) is 1. The topological polar surface area (TPSA) is 55.0 Å². The molecule has 0 aliphatic carbocycles. The van der Waals surface area contributed by atoms with Gasteiger partial charge in [-0.15, -0.1) is 0 Å². The Bertz CT molecular complexity index is 367. The fraction of sp³-hybridized carbons (Fsp3) is 0.500. The van der Waals surface area contributed by atoms with Crippen molar-refractivity contribution in [1.29, 1.82) is 0 Å². The first-order valence-corrected chi connectivity index (χ1v) is 6.13. The Balaban J connectivity index is 3.07. The highest BCUT2D eigenvalue weighted by atomic mass is 79.9. The predicted octanol–water partition coefficient (Wildman–Crippen LogP) is 1.54. The number of hydrogen-bond donors (Lipinski definition) is 1. The van der Waals surface area contributed by atoms with Crippen LogP contribution in [0.25, 0.3) is 0 Å². The third-order valence-electron chi connectivity index (χ3n) is 1.54. The molecule has 1 rings (SSSR count). The first kappa shape index (κ1) is 11.7. The fourth-order valence-electron chi connectivity index (χ4n) is 0.994. The largest absolute Gasteiger partial charge is 0.378 e. The van der Waals surface area contributed by atoms with Gasteiger partial charge in [-0.25, -0.2) is 4.98 Å². The Morgan fingerprint density at radius 2 is 2.36 bits per heavy atom. The van der Waals surface area contributed by atoms with E-state index in [9.17, 15) is 4.79 Å². The molecule has 14 heavy (non-hydrogen) atoms.